The molecule has 0 fully saturated rings. The molecule has 0 bridgehead atoms. The van der Waals surface area contributed by atoms with Gasteiger partial charge in [-0.15, -0.1) is 0 Å². The third-order valence-corrected chi connectivity index (χ3v) is 3.56. The van der Waals surface area contributed by atoms with Gasteiger partial charge in [0.1, 0.15) is 0 Å². The number of hydrogen-bond donors (Lipinski definition) is 1. The van der Waals surface area contributed by atoms with E-state index < -0.39 is 43.8 Å². The van der Waals surface area contributed by atoms with Gasteiger partial charge in [-0.3, -0.25) is 4.79 Å². The maximum absolute atomic E-state index is 13.6. The lowest BCUT2D eigenvalue weighted by Gasteiger charge is -2.09. The highest BCUT2D eigenvalue weighted by Crippen LogP contribution is 2.26. The van der Waals surface area contributed by atoms with E-state index in [1.54, 1.807) is 0 Å². The van der Waals surface area contributed by atoms with Crippen LogP contribution in [0.3, 0.4) is 0 Å². The van der Waals surface area contributed by atoms with Gasteiger partial charge in [-0.25, -0.2) is 17.2 Å². The number of rotatable bonds is 7. The van der Waals surface area contributed by atoms with E-state index >= 15 is 0 Å². The molecule has 21 heavy (non-hydrogen) atoms. The van der Waals surface area contributed by atoms with Crippen LogP contribution in [0.15, 0.2) is 17.0 Å². The second-order valence-corrected chi connectivity index (χ2v) is 6.35. The van der Waals surface area contributed by atoms with Gasteiger partial charge in [0.05, 0.1) is 11.5 Å². The molecule has 0 saturated heterocycles. The zero-order chi connectivity index (χ0) is 16.0. The number of carbonyl (C=O) groups is 1. The lowest BCUT2D eigenvalue weighted by molar-refractivity contribution is -0.123. The topological polar surface area (TPSA) is 81.7 Å². The fraction of sp³-hybridized carbons (Fsp3) is 0.364. The van der Waals surface area contributed by atoms with Crippen molar-refractivity contribution in [1.29, 1.82) is 0 Å². The minimum absolute atomic E-state index is 0.215. The molecule has 1 N–H and O–H groups in total. The molecule has 0 spiro atoms. The van der Waals surface area contributed by atoms with Crippen molar-refractivity contribution < 1.29 is 31.5 Å². The van der Waals surface area contributed by atoms with Crippen molar-refractivity contribution in [2.75, 3.05) is 26.9 Å². The minimum atomic E-state index is -4.27. The van der Waals surface area contributed by atoms with E-state index in [1.165, 1.54) is 7.11 Å². The smallest absolute Gasteiger partial charge is 0.261 e. The first-order chi connectivity index (χ1) is 9.75. The van der Waals surface area contributed by atoms with Gasteiger partial charge in [-0.05, 0) is 12.1 Å². The molecule has 1 aromatic carbocycles. The van der Waals surface area contributed by atoms with Crippen LogP contribution >= 0.6 is 10.7 Å². The Morgan fingerprint density at radius 2 is 1.90 bits per heavy atom. The van der Waals surface area contributed by atoms with Crippen LogP contribution in [-0.2, 0) is 18.6 Å². The van der Waals surface area contributed by atoms with Crippen molar-refractivity contribution in [3.8, 4) is 5.75 Å². The second kappa shape index (κ2) is 7.53. The van der Waals surface area contributed by atoms with Crippen molar-refractivity contribution in [3.05, 3.63) is 23.8 Å². The number of nitrogens with one attached hydrogen (secondary N) is 1. The van der Waals surface area contributed by atoms with E-state index in [2.05, 4.69) is 10.1 Å². The van der Waals surface area contributed by atoms with Gasteiger partial charge in [0.25, 0.3) is 15.0 Å². The normalized spacial score (nSPS) is 11.2. The number of hydrogen-bond acceptors (Lipinski definition) is 5. The van der Waals surface area contributed by atoms with Crippen LogP contribution < -0.4 is 10.1 Å². The molecule has 0 saturated carbocycles. The van der Waals surface area contributed by atoms with Gasteiger partial charge in [0, 0.05) is 24.3 Å². The summed E-state index contributed by atoms with van der Waals surface area (Å²) >= 11 is 0. The SMILES string of the molecule is COCCNC(=O)COc1c(F)cc(S(=O)(=O)Cl)cc1F. The van der Waals surface area contributed by atoms with E-state index in [0.717, 1.165) is 0 Å². The van der Waals surface area contributed by atoms with Crippen molar-refractivity contribution in [1.82, 2.24) is 5.32 Å². The van der Waals surface area contributed by atoms with E-state index in [4.69, 9.17) is 15.4 Å². The number of benzene rings is 1. The molecule has 6 nitrogen and oxygen atoms in total. The van der Waals surface area contributed by atoms with Gasteiger partial charge in [0.15, 0.2) is 24.0 Å². The average Bonchev–Trinajstić information content (AvgIpc) is 2.36. The fourth-order valence-electron chi connectivity index (χ4n) is 1.30. The summed E-state index contributed by atoms with van der Waals surface area (Å²) in [7, 11) is 2.15. The van der Waals surface area contributed by atoms with E-state index in [0.29, 0.717) is 12.1 Å². The summed E-state index contributed by atoms with van der Waals surface area (Å²) in [6, 6.07) is 1.01. The summed E-state index contributed by atoms with van der Waals surface area (Å²) in [5.41, 5.74) is 0. The Kier molecular flexibility index (Phi) is 6.31. The van der Waals surface area contributed by atoms with Gasteiger partial charge in [-0.2, -0.15) is 0 Å². The quantitative estimate of drug-likeness (QED) is 0.591. The Hall–Kier alpha value is -1.45. The van der Waals surface area contributed by atoms with E-state index in [9.17, 15) is 22.0 Å². The average molecular weight is 344 g/mol. The molecule has 0 unspecified atom stereocenters. The molecule has 10 heteroatoms. The first kappa shape index (κ1) is 17.6. The number of halogens is 3. The lowest BCUT2D eigenvalue weighted by atomic mass is 10.3. The van der Waals surface area contributed by atoms with Crippen LogP contribution in [0, 0.1) is 11.6 Å². The van der Waals surface area contributed by atoms with Crippen LogP contribution in [-0.4, -0.2) is 41.2 Å². The highest BCUT2D eigenvalue weighted by molar-refractivity contribution is 8.13. The number of methoxy groups -OCH3 is 1. The van der Waals surface area contributed by atoms with Crippen LogP contribution in [0.25, 0.3) is 0 Å². The monoisotopic (exact) mass is 343 g/mol. The maximum Gasteiger partial charge on any atom is 0.261 e. The molecule has 0 aliphatic carbocycles. The largest absolute Gasteiger partial charge is 0.478 e. The standard InChI is InChI=1S/C11H12ClF2NO5S/c1-19-3-2-15-10(16)6-20-11-8(13)4-7(5-9(11)14)21(12,17)18/h4-5H,2-3,6H2,1H3,(H,15,16). The third-order valence-electron chi connectivity index (χ3n) is 2.23. The third kappa shape index (κ3) is 5.44. The molecule has 0 aliphatic rings. The molecular formula is C11H12ClF2NO5S. The van der Waals surface area contributed by atoms with Crippen molar-refractivity contribution >= 4 is 25.6 Å². The molecule has 0 aromatic heterocycles. The Morgan fingerprint density at radius 3 is 2.38 bits per heavy atom. The Balaban J connectivity index is 2.75. The Morgan fingerprint density at radius 1 is 1.33 bits per heavy atom. The minimum Gasteiger partial charge on any atom is -0.478 e. The van der Waals surface area contributed by atoms with Crippen LogP contribution in [0.5, 0.6) is 5.75 Å². The van der Waals surface area contributed by atoms with E-state index in [-0.39, 0.29) is 13.2 Å². The van der Waals surface area contributed by atoms with Crippen molar-refractivity contribution in [3.63, 3.8) is 0 Å². The summed E-state index contributed by atoms with van der Waals surface area (Å²) in [6.45, 7) is -0.144. The predicted octanol–water partition coefficient (Wildman–Crippen LogP) is 1.03. The van der Waals surface area contributed by atoms with E-state index in [1.807, 2.05) is 0 Å². The van der Waals surface area contributed by atoms with Crippen LogP contribution in [0.2, 0.25) is 0 Å². The highest BCUT2D eigenvalue weighted by atomic mass is 35.7. The molecule has 0 radical (unpaired) electrons. The molecule has 1 aromatic rings. The zero-order valence-corrected chi connectivity index (χ0v) is 12.4. The lowest BCUT2D eigenvalue weighted by Crippen LogP contribution is -2.31. The summed E-state index contributed by atoms with van der Waals surface area (Å²) in [5.74, 6) is -4.03. The van der Waals surface area contributed by atoms with Gasteiger partial charge in [-0.1, -0.05) is 0 Å². The molecule has 0 aliphatic heterocycles. The van der Waals surface area contributed by atoms with Gasteiger partial charge < -0.3 is 14.8 Å². The summed E-state index contributed by atoms with van der Waals surface area (Å²) in [6.07, 6.45) is 0. The first-order valence-electron chi connectivity index (χ1n) is 5.58. The molecule has 0 heterocycles. The van der Waals surface area contributed by atoms with Crippen LogP contribution in [0.1, 0.15) is 0 Å². The summed E-state index contributed by atoms with van der Waals surface area (Å²) < 4.78 is 58.5. The van der Waals surface area contributed by atoms with Crippen molar-refractivity contribution in [2.24, 2.45) is 0 Å². The maximum atomic E-state index is 13.6. The Labute approximate surface area is 124 Å². The summed E-state index contributed by atoms with van der Waals surface area (Å²) in [4.78, 5) is 10.5. The Bertz CT molecular complexity index is 600. The summed E-state index contributed by atoms with van der Waals surface area (Å²) in [5, 5.41) is 2.38. The molecule has 118 valence electrons. The highest BCUT2D eigenvalue weighted by Gasteiger charge is 2.19. The number of carbonyl (C=O) groups excluding carboxylic acids is 1. The molecule has 1 rings (SSSR count). The first-order valence-corrected chi connectivity index (χ1v) is 7.88. The molecular weight excluding hydrogens is 332 g/mol. The fourth-order valence-corrected chi connectivity index (χ4v) is 2.05. The zero-order valence-electron chi connectivity index (χ0n) is 10.9. The number of ether oxygens (including phenoxy) is 2. The molecule has 0 atom stereocenters. The van der Waals surface area contributed by atoms with Gasteiger partial charge in [0.2, 0.25) is 0 Å². The molecule has 1 amide bonds. The van der Waals surface area contributed by atoms with Crippen LogP contribution in [0.4, 0.5) is 8.78 Å². The van der Waals surface area contributed by atoms with Crippen molar-refractivity contribution in [2.45, 2.75) is 4.90 Å². The second-order valence-electron chi connectivity index (χ2n) is 3.79. The number of amides is 1. The van der Waals surface area contributed by atoms with Gasteiger partial charge >= 0.3 is 0 Å². The predicted molar refractivity (Wildman–Crippen MR) is 69.8 cm³/mol.